The molecule has 0 aliphatic rings. The fourth-order valence-electron chi connectivity index (χ4n) is 2.46. The fourth-order valence-corrected chi connectivity index (χ4v) is 2.46. The van der Waals surface area contributed by atoms with Crippen LogP contribution in [0.5, 0.6) is 0 Å². The summed E-state index contributed by atoms with van der Waals surface area (Å²) in [6, 6.07) is 6.23. The van der Waals surface area contributed by atoms with Gasteiger partial charge in [-0.05, 0) is 31.9 Å². The summed E-state index contributed by atoms with van der Waals surface area (Å²) < 4.78 is 5.20. The Labute approximate surface area is 139 Å². The number of para-hydroxylation sites is 1. The predicted molar refractivity (Wildman–Crippen MR) is 88.5 cm³/mol. The van der Waals surface area contributed by atoms with Crippen molar-refractivity contribution in [3.8, 4) is 0 Å². The molecule has 1 atom stereocenters. The number of imide groups is 1. The van der Waals surface area contributed by atoms with Crippen molar-refractivity contribution in [2.24, 2.45) is 5.73 Å². The number of fused-ring (bicyclic) bond motifs is 1. The highest BCUT2D eigenvalue weighted by Crippen LogP contribution is 2.24. The Morgan fingerprint density at radius 1 is 1.29 bits per heavy atom. The summed E-state index contributed by atoms with van der Waals surface area (Å²) in [5.74, 6) is -1.42. The van der Waals surface area contributed by atoms with Gasteiger partial charge in [0.15, 0.2) is 6.10 Å². The van der Waals surface area contributed by atoms with Gasteiger partial charge in [-0.25, -0.2) is 9.59 Å². The molecule has 3 N–H and O–H groups in total. The third-order valence-electron chi connectivity index (χ3n) is 3.68. The minimum Gasteiger partial charge on any atom is -0.449 e. The minimum absolute atomic E-state index is 0.371. The number of rotatable bonds is 4. The number of nitrogens with zero attached hydrogens (tertiary/aromatic N) is 1. The van der Waals surface area contributed by atoms with Crippen LogP contribution in [-0.2, 0) is 16.0 Å². The van der Waals surface area contributed by atoms with Crippen molar-refractivity contribution < 1.29 is 19.1 Å². The Morgan fingerprint density at radius 2 is 1.96 bits per heavy atom. The van der Waals surface area contributed by atoms with E-state index in [0.29, 0.717) is 28.5 Å². The van der Waals surface area contributed by atoms with Gasteiger partial charge in [-0.2, -0.15) is 0 Å². The molecule has 2 aromatic rings. The Bertz CT molecular complexity index is 817. The maximum absolute atomic E-state index is 12.6. The third kappa shape index (κ3) is 3.51. The zero-order valence-corrected chi connectivity index (χ0v) is 13.8. The number of benzene rings is 1. The van der Waals surface area contributed by atoms with Gasteiger partial charge < -0.3 is 10.5 Å². The second-order valence-corrected chi connectivity index (χ2v) is 5.33. The van der Waals surface area contributed by atoms with Gasteiger partial charge in [0.25, 0.3) is 5.91 Å². The number of ether oxygens (including phenoxy) is 1. The summed E-state index contributed by atoms with van der Waals surface area (Å²) in [4.78, 5) is 39.6. The van der Waals surface area contributed by atoms with Gasteiger partial charge in [-0.15, -0.1) is 0 Å². The molecule has 0 bridgehead atoms. The van der Waals surface area contributed by atoms with Crippen LogP contribution in [0.4, 0.5) is 4.79 Å². The predicted octanol–water partition coefficient (Wildman–Crippen LogP) is 1.85. The Hall–Kier alpha value is -2.96. The smallest absolute Gasteiger partial charge is 0.339 e. The number of carbonyl (C=O) groups is 3. The SMILES string of the molecule is CCc1nc2ccccc2c(C(=O)OC(C)C(=O)NC(N)=O)c1C. The van der Waals surface area contributed by atoms with Gasteiger partial charge in [0.05, 0.1) is 11.1 Å². The first-order chi connectivity index (χ1) is 11.3. The van der Waals surface area contributed by atoms with Crippen molar-refractivity contribution in [3.05, 3.63) is 41.1 Å². The first-order valence-electron chi connectivity index (χ1n) is 7.54. The van der Waals surface area contributed by atoms with Crippen molar-refractivity contribution in [1.82, 2.24) is 10.3 Å². The van der Waals surface area contributed by atoms with E-state index in [-0.39, 0.29) is 0 Å². The number of hydrogen-bond acceptors (Lipinski definition) is 5. The molecule has 0 saturated carbocycles. The number of aryl methyl sites for hydroxylation is 1. The molecule has 0 radical (unpaired) electrons. The molecular weight excluding hydrogens is 310 g/mol. The maximum atomic E-state index is 12.6. The normalized spacial score (nSPS) is 11.8. The summed E-state index contributed by atoms with van der Waals surface area (Å²) in [5.41, 5.74) is 7.44. The van der Waals surface area contributed by atoms with Gasteiger partial charge >= 0.3 is 12.0 Å². The van der Waals surface area contributed by atoms with Crippen LogP contribution in [0.3, 0.4) is 0 Å². The number of esters is 1. The van der Waals surface area contributed by atoms with E-state index in [0.717, 1.165) is 5.69 Å². The van der Waals surface area contributed by atoms with E-state index in [1.807, 2.05) is 24.4 Å². The van der Waals surface area contributed by atoms with Gasteiger partial charge in [-0.3, -0.25) is 15.1 Å². The summed E-state index contributed by atoms with van der Waals surface area (Å²) in [7, 11) is 0. The molecule has 1 heterocycles. The first-order valence-corrected chi connectivity index (χ1v) is 7.54. The first kappa shape index (κ1) is 17.4. The number of hydrogen-bond donors (Lipinski definition) is 2. The molecule has 0 aliphatic heterocycles. The van der Waals surface area contributed by atoms with Gasteiger partial charge in [0.1, 0.15) is 0 Å². The number of amides is 3. The quantitative estimate of drug-likeness (QED) is 0.831. The molecule has 3 amide bonds. The molecule has 0 saturated heterocycles. The Kier molecular flexibility index (Phi) is 5.13. The number of nitrogens with one attached hydrogen (secondary N) is 1. The van der Waals surface area contributed by atoms with Crippen LogP contribution in [0.15, 0.2) is 24.3 Å². The molecule has 24 heavy (non-hydrogen) atoms. The summed E-state index contributed by atoms with van der Waals surface area (Å²) >= 11 is 0. The number of primary amides is 1. The van der Waals surface area contributed by atoms with Crippen LogP contribution < -0.4 is 11.1 Å². The molecule has 7 nitrogen and oxygen atoms in total. The van der Waals surface area contributed by atoms with Crippen LogP contribution in [0.25, 0.3) is 10.9 Å². The molecule has 0 fully saturated rings. The van der Waals surface area contributed by atoms with Crippen molar-refractivity contribution in [1.29, 1.82) is 0 Å². The average Bonchev–Trinajstić information content (AvgIpc) is 2.53. The Morgan fingerprint density at radius 3 is 2.58 bits per heavy atom. The highest BCUT2D eigenvalue weighted by atomic mass is 16.5. The van der Waals surface area contributed by atoms with Crippen LogP contribution in [-0.4, -0.2) is 29.0 Å². The molecule has 126 valence electrons. The second-order valence-electron chi connectivity index (χ2n) is 5.33. The lowest BCUT2D eigenvalue weighted by atomic mass is 10.0. The molecule has 0 aliphatic carbocycles. The van der Waals surface area contributed by atoms with Gasteiger partial charge in [0, 0.05) is 11.1 Å². The number of carbonyl (C=O) groups excluding carboxylic acids is 3. The number of urea groups is 1. The topological polar surface area (TPSA) is 111 Å². The number of pyridine rings is 1. The lowest BCUT2D eigenvalue weighted by molar-refractivity contribution is -0.127. The third-order valence-corrected chi connectivity index (χ3v) is 3.68. The zero-order valence-electron chi connectivity index (χ0n) is 13.8. The fraction of sp³-hybridized carbons (Fsp3) is 0.294. The molecule has 1 unspecified atom stereocenters. The van der Waals surface area contributed by atoms with Crippen LogP contribution in [0.1, 0.15) is 35.5 Å². The van der Waals surface area contributed by atoms with Crippen LogP contribution in [0.2, 0.25) is 0 Å². The van der Waals surface area contributed by atoms with E-state index in [9.17, 15) is 14.4 Å². The van der Waals surface area contributed by atoms with Gasteiger partial charge in [0.2, 0.25) is 0 Å². The lowest BCUT2D eigenvalue weighted by Crippen LogP contribution is -2.42. The molecule has 1 aromatic heterocycles. The zero-order chi connectivity index (χ0) is 17.9. The standard InChI is InChI=1S/C17H19N3O4/c1-4-12-9(2)14(11-7-5-6-8-13(11)19-12)16(22)24-10(3)15(21)20-17(18)23/h5-8,10H,4H2,1-3H3,(H3,18,20,21,23). The van der Waals surface area contributed by atoms with E-state index in [1.54, 1.807) is 19.1 Å². The molecule has 1 aromatic carbocycles. The Balaban J connectivity index is 2.40. The average molecular weight is 329 g/mol. The number of nitrogens with two attached hydrogens (primary N) is 1. The van der Waals surface area contributed by atoms with E-state index >= 15 is 0 Å². The molecular formula is C17H19N3O4. The highest BCUT2D eigenvalue weighted by Gasteiger charge is 2.24. The van der Waals surface area contributed by atoms with Crippen LogP contribution in [0, 0.1) is 6.92 Å². The second kappa shape index (κ2) is 7.08. The summed E-state index contributed by atoms with van der Waals surface area (Å²) in [6.07, 6.45) is -0.490. The highest BCUT2D eigenvalue weighted by molar-refractivity contribution is 6.06. The van der Waals surface area contributed by atoms with Gasteiger partial charge in [-0.1, -0.05) is 25.1 Å². The van der Waals surface area contributed by atoms with Crippen molar-refractivity contribution in [3.63, 3.8) is 0 Å². The monoisotopic (exact) mass is 329 g/mol. The number of aromatic nitrogens is 1. The van der Waals surface area contributed by atoms with E-state index in [1.165, 1.54) is 6.92 Å². The van der Waals surface area contributed by atoms with Crippen molar-refractivity contribution in [2.75, 3.05) is 0 Å². The minimum atomic E-state index is -1.15. The molecule has 2 rings (SSSR count). The van der Waals surface area contributed by atoms with E-state index in [4.69, 9.17) is 10.5 Å². The molecule has 7 heteroatoms. The largest absolute Gasteiger partial charge is 0.449 e. The summed E-state index contributed by atoms with van der Waals surface area (Å²) in [6.45, 7) is 5.11. The van der Waals surface area contributed by atoms with Crippen molar-refractivity contribution in [2.45, 2.75) is 33.3 Å². The summed E-state index contributed by atoms with van der Waals surface area (Å²) in [5, 5.41) is 2.54. The maximum Gasteiger partial charge on any atom is 0.339 e. The van der Waals surface area contributed by atoms with E-state index < -0.39 is 24.0 Å². The lowest BCUT2D eigenvalue weighted by Gasteiger charge is -2.16. The van der Waals surface area contributed by atoms with Crippen LogP contribution >= 0.6 is 0 Å². The van der Waals surface area contributed by atoms with Crippen molar-refractivity contribution >= 4 is 28.8 Å². The van der Waals surface area contributed by atoms with E-state index in [2.05, 4.69) is 4.98 Å². The molecule has 0 spiro atoms.